The molecule has 0 saturated carbocycles. The Kier molecular flexibility index (Phi) is 6.01. The van der Waals surface area contributed by atoms with Crippen LogP contribution in [0.4, 0.5) is 17.6 Å². The molecule has 0 aromatic heterocycles. The van der Waals surface area contributed by atoms with Gasteiger partial charge in [-0.1, -0.05) is 0 Å². The SMILES string of the molecule is CC1CN(Cc2cc(F)cc(C(F)(F)F)c2)CC(C)N1.Cl. The molecule has 0 radical (unpaired) electrons. The zero-order chi connectivity index (χ0) is 14.9. The Balaban J connectivity index is 0.00000220. The summed E-state index contributed by atoms with van der Waals surface area (Å²) in [7, 11) is 0. The van der Waals surface area contributed by atoms with E-state index in [0.717, 1.165) is 19.2 Å². The van der Waals surface area contributed by atoms with Gasteiger partial charge in [-0.3, -0.25) is 4.90 Å². The summed E-state index contributed by atoms with van der Waals surface area (Å²) in [6.07, 6.45) is -4.51. The van der Waals surface area contributed by atoms with Gasteiger partial charge in [-0.15, -0.1) is 12.4 Å². The maximum absolute atomic E-state index is 13.3. The van der Waals surface area contributed by atoms with E-state index in [1.807, 2.05) is 18.7 Å². The fraction of sp³-hybridized carbons (Fsp3) is 0.571. The van der Waals surface area contributed by atoms with Crippen LogP contribution in [0.15, 0.2) is 18.2 Å². The van der Waals surface area contributed by atoms with Crippen LogP contribution in [0.25, 0.3) is 0 Å². The van der Waals surface area contributed by atoms with Gasteiger partial charge in [0.25, 0.3) is 0 Å². The Morgan fingerprint density at radius 3 is 2.24 bits per heavy atom. The number of nitrogens with one attached hydrogen (secondary N) is 1. The van der Waals surface area contributed by atoms with E-state index >= 15 is 0 Å². The first-order valence-electron chi connectivity index (χ1n) is 6.59. The third-order valence-corrected chi connectivity index (χ3v) is 3.32. The van der Waals surface area contributed by atoms with Crippen molar-refractivity contribution in [3.05, 3.63) is 35.1 Å². The molecule has 1 aliphatic rings. The Morgan fingerprint density at radius 2 is 1.71 bits per heavy atom. The number of hydrogen-bond donors (Lipinski definition) is 1. The van der Waals surface area contributed by atoms with Gasteiger partial charge in [-0.2, -0.15) is 13.2 Å². The standard InChI is InChI=1S/C14H18F4N2.ClH/c1-9-6-20(7-10(2)19-9)8-11-3-12(14(16,17)18)5-13(15)4-11;/h3-5,9-10,19H,6-8H2,1-2H3;1H. The van der Waals surface area contributed by atoms with Crippen LogP contribution in [0.5, 0.6) is 0 Å². The number of benzene rings is 1. The summed E-state index contributed by atoms with van der Waals surface area (Å²) in [5.41, 5.74) is -0.567. The Labute approximate surface area is 127 Å². The van der Waals surface area contributed by atoms with Gasteiger partial charge in [-0.05, 0) is 37.6 Å². The maximum Gasteiger partial charge on any atom is 0.416 e. The molecule has 1 aromatic rings. The minimum absolute atomic E-state index is 0. The van der Waals surface area contributed by atoms with Gasteiger partial charge in [0.1, 0.15) is 5.82 Å². The summed E-state index contributed by atoms with van der Waals surface area (Å²) in [5.74, 6) is -0.842. The zero-order valence-corrected chi connectivity index (χ0v) is 12.7. The van der Waals surface area contributed by atoms with Crippen molar-refractivity contribution in [2.75, 3.05) is 13.1 Å². The number of piperazine rings is 1. The topological polar surface area (TPSA) is 15.3 Å². The maximum atomic E-state index is 13.3. The molecule has 7 heteroatoms. The first-order valence-corrected chi connectivity index (χ1v) is 6.59. The van der Waals surface area contributed by atoms with Gasteiger partial charge >= 0.3 is 6.18 Å². The molecule has 120 valence electrons. The van der Waals surface area contributed by atoms with Crippen molar-refractivity contribution < 1.29 is 17.6 Å². The van der Waals surface area contributed by atoms with Crippen LogP contribution in [0.1, 0.15) is 25.0 Å². The molecular weight excluding hydrogens is 308 g/mol. The zero-order valence-electron chi connectivity index (χ0n) is 11.9. The van der Waals surface area contributed by atoms with Crippen molar-refractivity contribution in [2.45, 2.75) is 38.7 Å². The highest BCUT2D eigenvalue weighted by Crippen LogP contribution is 2.30. The van der Waals surface area contributed by atoms with E-state index in [1.165, 1.54) is 6.07 Å². The van der Waals surface area contributed by atoms with Crippen LogP contribution in [0.2, 0.25) is 0 Å². The van der Waals surface area contributed by atoms with Crippen LogP contribution < -0.4 is 5.32 Å². The van der Waals surface area contributed by atoms with Crippen LogP contribution in [0, 0.1) is 5.82 Å². The van der Waals surface area contributed by atoms with Crippen molar-refractivity contribution in [3.8, 4) is 0 Å². The Morgan fingerprint density at radius 1 is 1.14 bits per heavy atom. The van der Waals surface area contributed by atoms with Crippen LogP contribution in [0.3, 0.4) is 0 Å². The highest BCUT2D eigenvalue weighted by atomic mass is 35.5. The predicted octanol–water partition coefficient (Wildman–Crippen LogP) is 3.45. The lowest BCUT2D eigenvalue weighted by Crippen LogP contribution is -2.53. The Hall–Kier alpha value is -0.850. The van der Waals surface area contributed by atoms with E-state index < -0.39 is 17.6 Å². The third kappa shape index (κ3) is 5.13. The second kappa shape index (κ2) is 6.94. The minimum Gasteiger partial charge on any atom is -0.309 e. The number of halogens is 5. The second-order valence-corrected chi connectivity index (χ2v) is 5.51. The summed E-state index contributed by atoms with van der Waals surface area (Å²) in [6.45, 7) is 5.85. The fourth-order valence-electron chi connectivity index (χ4n) is 2.73. The molecule has 0 amide bonds. The second-order valence-electron chi connectivity index (χ2n) is 5.51. The molecule has 0 spiro atoms. The van der Waals surface area contributed by atoms with Gasteiger partial charge in [0.2, 0.25) is 0 Å². The quantitative estimate of drug-likeness (QED) is 0.837. The highest BCUT2D eigenvalue weighted by Gasteiger charge is 2.31. The van der Waals surface area contributed by atoms with E-state index in [4.69, 9.17) is 0 Å². The first kappa shape index (κ1) is 18.2. The summed E-state index contributed by atoms with van der Waals surface area (Å²) >= 11 is 0. The van der Waals surface area contributed by atoms with Crippen LogP contribution in [-0.2, 0) is 12.7 Å². The van der Waals surface area contributed by atoms with E-state index in [0.29, 0.717) is 18.2 Å². The van der Waals surface area contributed by atoms with Crippen molar-refractivity contribution >= 4 is 12.4 Å². The van der Waals surface area contributed by atoms with Gasteiger partial charge in [0.05, 0.1) is 5.56 Å². The van der Waals surface area contributed by atoms with Gasteiger partial charge < -0.3 is 5.32 Å². The molecule has 2 unspecified atom stereocenters. The predicted molar refractivity (Wildman–Crippen MR) is 76.0 cm³/mol. The third-order valence-electron chi connectivity index (χ3n) is 3.32. The molecule has 1 heterocycles. The summed E-state index contributed by atoms with van der Waals surface area (Å²) in [5, 5.41) is 3.35. The van der Waals surface area contributed by atoms with Gasteiger partial charge in [0.15, 0.2) is 0 Å². The highest BCUT2D eigenvalue weighted by molar-refractivity contribution is 5.85. The smallest absolute Gasteiger partial charge is 0.309 e. The van der Waals surface area contributed by atoms with Gasteiger partial charge in [-0.25, -0.2) is 4.39 Å². The first-order chi connectivity index (χ1) is 9.24. The lowest BCUT2D eigenvalue weighted by molar-refractivity contribution is -0.137. The lowest BCUT2D eigenvalue weighted by Gasteiger charge is -2.36. The van der Waals surface area contributed by atoms with Crippen molar-refractivity contribution in [1.29, 1.82) is 0 Å². The van der Waals surface area contributed by atoms with Crippen molar-refractivity contribution in [3.63, 3.8) is 0 Å². The van der Waals surface area contributed by atoms with E-state index in [2.05, 4.69) is 5.32 Å². The largest absolute Gasteiger partial charge is 0.416 e. The molecule has 2 nitrogen and oxygen atoms in total. The van der Waals surface area contributed by atoms with E-state index in [9.17, 15) is 17.6 Å². The number of rotatable bonds is 2. The van der Waals surface area contributed by atoms with Crippen molar-refractivity contribution in [2.24, 2.45) is 0 Å². The van der Waals surface area contributed by atoms with Crippen LogP contribution >= 0.6 is 12.4 Å². The number of nitrogens with zero attached hydrogens (tertiary/aromatic N) is 1. The molecule has 1 saturated heterocycles. The molecule has 0 aliphatic carbocycles. The van der Waals surface area contributed by atoms with Crippen molar-refractivity contribution in [1.82, 2.24) is 10.2 Å². The molecule has 1 aliphatic heterocycles. The van der Waals surface area contributed by atoms with E-state index in [-0.39, 0.29) is 24.5 Å². The average molecular weight is 327 g/mol. The molecule has 0 bridgehead atoms. The Bertz CT molecular complexity index is 469. The molecular formula is C14H19ClF4N2. The summed E-state index contributed by atoms with van der Waals surface area (Å²) < 4.78 is 51.3. The van der Waals surface area contributed by atoms with Gasteiger partial charge in [0, 0.05) is 31.7 Å². The molecule has 2 atom stereocenters. The summed E-state index contributed by atoms with van der Waals surface area (Å²) in [4.78, 5) is 2.04. The molecule has 1 fully saturated rings. The normalized spacial score (nSPS) is 23.7. The minimum atomic E-state index is -4.51. The molecule has 2 rings (SSSR count). The number of alkyl halides is 3. The lowest BCUT2D eigenvalue weighted by atomic mass is 10.1. The molecule has 21 heavy (non-hydrogen) atoms. The monoisotopic (exact) mass is 326 g/mol. The van der Waals surface area contributed by atoms with E-state index in [1.54, 1.807) is 0 Å². The molecule has 1 N–H and O–H groups in total. The molecule has 1 aromatic carbocycles. The number of hydrogen-bond acceptors (Lipinski definition) is 2. The fourth-order valence-corrected chi connectivity index (χ4v) is 2.73. The van der Waals surface area contributed by atoms with Crippen LogP contribution in [-0.4, -0.2) is 30.1 Å². The average Bonchev–Trinajstić information content (AvgIpc) is 2.25. The summed E-state index contributed by atoms with van der Waals surface area (Å²) in [6, 6.07) is 3.28.